The highest BCUT2D eigenvalue weighted by atomic mass is 16.2. The van der Waals surface area contributed by atoms with Crippen molar-refractivity contribution in [3.63, 3.8) is 0 Å². The van der Waals surface area contributed by atoms with E-state index >= 15 is 0 Å². The van der Waals surface area contributed by atoms with Gasteiger partial charge in [-0.15, -0.1) is 0 Å². The molecule has 1 rings (SSSR count). The number of hydrogen-bond acceptors (Lipinski definition) is 2. The van der Waals surface area contributed by atoms with E-state index in [4.69, 9.17) is 5.73 Å². The van der Waals surface area contributed by atoms with Crippen LogP contribution in [-0.4, -0.2) is 29.9 Å². The van der Waals surface area contributed by atoms with Gasteiger partial charge in [-0.05, 0) is 44.4 Å². The predicted octanol–water partition coefficient (Wildman–Crippen LogP) is 2.64. The topological polar surface area (TPSA) is 46.3 Å². The first kappa shape index (κ1) is 15.5. The highest BCUT2D eigenvalue weighted by molar-refractivity contribution is 5.79. The Morgan fingerprint density at radius 1 is 1.28 bits per heavy atom. The lowest BCUT2D eigenvalue weighted by Gasteiger charge is -2.35. The molecular formula is C15H30N2O. The molecule has 106 valence electrons. The number of nitrogens with two attached hydrogens (primary N) is 1. The lowest BCUT2D eigenvalue weighted by atomic mass is 9.79. The van der Waals surface area contributed by atoms with Crippen molar-refractivity contribution < 1.29 is 4.79 Å². The summed E-state index contributed by atoms with van der Waals surface area (Å²) in [7, 11) is 1.94. The highest BCUT2D eigenvalue weighted by Crippen LogP contribution is 2.29. The minimum absolute atomic E-state index is 0.142. The molecule has 18 heavy (non-hydrogen) atoms. The molecule has 1 aliphatic rings. The van der Waals surface area contributed by atoms with Crippen LogP contribution in [0.3, 0.4) is 0 Å². The van der Waals surface area contributed by atoms with Gasteiger partial charge in [0.1, 0.15) is 0 Å². The molecule has 0 heterocycles. The second kappa shape index (κ2) is 6.55. The molecule has 3 nitrogen and oxygen atoms in total. The molecule has 1 saturated carbocycles. The second-order valence-electron chi connectivity index (χ2n) is 6.70. The van der Waals surface area contributed by atoms with Crippen molar-refractivity contribution in [1.82, 2.24) is 4.90 Å². The van der Waals surface area contributed by atoms with E-state index in [1.165, 1.54) is 0 Å². The van der Waals surface area contributed by atoms with E-state index in [-0.39, 0.29) is 12.0 Å². The summed E-state index contributed by atoms with van der Waals surface area (Å²) in [5.74, 6) is 1.65. The fraction of sp³-hybridized carbons (Fsp3) is 0.933. The van der Waals surface area contributed by atoms with Gasteiger partial charge in [0, 0.05) is 25.0 Å². The molecule has 2 N–H and O–H groups in total. The van der Waals surface area contributed by atoms with Gasteiger partial charge in [0.15, 0.2) is 0 Å². The van der Waals surface area contributed by atoms with Crippen LogP contribution in [-0.2, 0) is 4.79 Å². The van der Waals surface area contributed by atoms with E-state index in [9.17, 15) is 4.79 Å². The van der Waals surface area contributed by atoms with Crippen LogP contribution in [0.1, 0.15) is 53.4 Å². The van der Waals surface area contributed by atoms with Crippen molar-refractivity contribution in [1.29, 1.82) is 0 Å². The Balaban J connectivity index is 2.57. The van der Waals surface area contributed by atoms with E-state index in [1.54, 1.807) is 0 Å². The average molecular weight is 254 g/mol. The van der Waals surface area contributed by atoms with E-state index in [2.05, 4.69) is 27.7 Å². The van der Waals surface area contributed by atoms with Crippen LogP contribution in [0.5, 0.6) is 0 Å². The van der Waals surface area contributed by atoms with Crippen LogP contribution in [0.4, 0.5) is 0 Å². The number of nitrogens with zero attached hydrogens (tertiary/aromatic N) is 1. The Labute approximate surface area is 112 Å². The van der Waals surface area contributed by atoms with Crippen LogP contribution in [0.25, 0.3) is 0 Å². The molecule has 1 amide bonds. The molecule has 0 aromatic carbocycles. The number of carbonyl (C=O) groups is 1. The molecule has 0 aromatic rings. The molecule has 0 aromatic heterocycles. The summed E-state index contributed by atoms with van der Waals surface area (Å²) in [4.78, 5) is 14.4. The summed E-state index contributed by atoms with van der Waals surface area (Å²) in [5.41, 5.74) is 6.04. The summed E-state index contributed by atoms with van der Waals surface area (Å²) < 4.78 is 0. The standard InChI is InChI=1S/C15H30N2O/c1-10(2)6-12(4)17(5)15(18)13-7-11(3)8-14(16)9-13/h10-14H,6-9,16H2,1-5H3. The lowest BCUT2D eigenvalue weighted by molar-refractivity contribution is -0.138. The summed E-state index contributed by atoms with van der Waals surface area (Å²) in [6.07, 6.45) is 4.00. The maximum absolute atomic E-state index is 12.5. The maximum Gasteiger partial charge on any atom is 0.225 e. The minimum Gasteiger partial charge on any atom is -0.343 e. The Morgan fingerprint density at radius 3 is 2.39 bits per heavy atom. The van der Waals surface area contributed by atoms with Crippen molar-refractivity contribution in [2.24, 2.45) is 23.5 Å². The molecule has 0 bridgehead atoms. The van der Waals surface area contributed by atoms with Gasteiger partial charge >= 0.3 is 0 Å². The van der Waals surface area contributed by atoms with Crippen molar-refractivity contribution in [3.05, 3.63) is 0 Å². The molecule has 0 radical (unpaired) electrons. The molecule has 0 spiro atoms. The van der Waals surface area contributed by atoms with E-state index < -0.39 is 0 Å². The normalized spacial score (nSPS) is 30.3. The number of hydrogen-bond donors (Lipinski definition) is 1. The molecule has 1 aliphatic carbocycles. The Hall–Kier alpha value is -0.570. The van der Waals surface area contributed by atoms with E-state index in [0.717, 1.165) is 25.7 Å². The fourth-order valence-corrected chi connectivity index (χ4v) is 3.20. The largest absolute Gasteiger partial charge is 0.343 e. The van der Waals surface area contributed by atoms with Crippen molar-refractivity contribution in [2.45, 2.75) is 65.5 Å². The Bertz CT molecular complexity index is 268. The quantitative estimate of drug-likeness (QED) is 0.838. The monoisotopic (exact) mass is 254 g/mol. The van der Waals surface area contributed by atoms with Crippen LogP contribution in [0.2, 0.25) is 0 Å². The first-order valence-corrected chi connectivity index (χ1v) is 7.33. The van der Waals surface area contributed by atoms with Gasteiger partial charge in [-0.25, -0.2) is 0 Å². The SMILES string of the molecule is CC(C)CC(C)N(C)C(=O)C1CC(C)CC(N)C1. The number of amides is 1. The summed E-state index contributed by atoms with van der Waals surface area (Å²) >= 11 is 0. The maximum atomic E-state index is 12.5. The van der Waals surface area contributed by atoms with Crippen LogP contribution < -0.4 is 5.73 Å². The minimum atomic E-state index is 0.142. The van der Waals surface area contributed by atoms with Gasteiger partial charge in [-0.2, -0.15) is 0 Å². The van der Waals surface area contributed by atoms with Gasteiger partial charge in [0.05, 0.1) is 0 Å². The molecule has 0 saturated heterocycles. The first-order chi connectivity index (χ1) is 8.31. The average Bonchev–Trinajstić information content (AvgIpc) is 2.24. The fourth-order valence-electron chi connectivity index (χ4n) is 3.20. The van der Waals surface area contributed by atoms with Gasteiger partial charge in [-0.1, -0.05) is 20.8 Å². The zero-order valence-corrected chi connectivity index (χ0v) is 12.6. The third-order valence-electron chi connectivity index (χ3n) is 4.15. The second-order valence-corrected chi connectivity index (χ2v) is 6.70. The van der Waals surface area contributed by atoms with Gasteiger partial charge < -0.3 is 10.6 Å². The van der Waals surface area contributed by atoms with Crippen molar-refractivity contribution in [3.8, 4) is 0 Å². The molecule has 3 heteroatoms. The smallest absolute Gasteiger partial charge is 0.225 e. The Morgan fingerprint density at radius 2 is 1.89 bits per heavy atom. The van der Waals surface area contributed by atoms with Crippen molar-refractivity contribution in [2.75, 3.05) is 7.05 Å². The number of rotatable bonds is 4. The summed E-state index contributed by atoms with van der Waals surface area (Å²) in [5, 5.41) is 0. The zero-order chi connectivity index (χ0) is 13.9. The van der Waals surface area contributed by atoms with Crippen LogP contribution in [0, 0.1) is 17.8 Å². The third-order valence-corrected chi connectivity index (χ3v) is 4.15. The highest BCUT2D eigenvalue weighted by Gasteiger charge is 2.32. The van der Waals surface area contributed by atoms with Crippen LogP contribution >= 0.6 is 0 Å². The zero-order valence-electron chi connectivity index (χ0n) is 12.6. The molecule has 4 atom stereocenters. The van der Waals surface area contributed by atoms with E-state index in [0.29, 0.717) is 23.8 Å². The van der Waals surface area contributed by atoms with Gasteiger partial charge in [-0.3, -0.25) is 4.79 Å². The lowest BCUT2D eigenvalue weighted by Crippen LogP contribution is -2.44. The molecule has 4 unspecified atom stereocenters. The predicted molar refractivity (Wildman–Crippen MR) is 76.2 cm³/mol. The summed E-state index contributed by atoms with van der Waals surface area (Å²) in [6, 6.07) is 0.530. The Kier molecular flexibility index (Phi) is 5.64. The molecule has 1 fully saturated rings. The van der Waals surface area contributed by atoms with E-state index in [1.807, 2.05) is 11.9 Å². The molecular weight excluding hydrogens is 224 g/mol. The summed E-state index contributed by atoms with van der Waals surface area (Å²) in [6.45, 7) is 8.75. The molecule has 0 aliphatic heterocycles. The third kappa shape index (κ3) is 4.27. The number of carbonyl (C=O) groups excluding carboxylic acids is 1. The van der Waals surface area contributed by atoms with Crippen LogP contribution in [0.15, 0.2) is 0 Å². The van der Waals surface area contributed by atoms with Crippen molar-refractivity contribution >= 4 is 5.91 Å². The van der Waals surface area contributed by atoms with Gasteiger partial charge in [0.2, 0.25) is 5.91 Å². The van der Waals surface area contributed by atoms with Gasteiger partial charge in [0.25, 0.3) is 0 Å². The first-order valence-electron chi connectivity index (χ1n) is 7.33.